The van der Waals surface area contributed by atoms with Gasteiger partial charge in [0.05, 0.1) is 0 Å². The maximum absolute atomic E-state index is 11.2. The summed E-state index contributed by atoms with van der Waals surface area (Å²) in [6, 6.07) is 16.2. The number of amides is 1. The average molecular weight is 256 g/mol. The number of anilines is 1. The lowest BCUT2D eigenvalue weighted by Gasteiger charge is -2.07. The molecule has 0 radical (unpaired) electrons. The lowest BCUT2D eigenvalue weighted by molar-refractivity contribution is -0.110. The van der Waals surface area contributed by atoms with Gasteiger partial charge in [-0.3, -0.25) is 4.79 Å². The molecular formula is C14H12N2O3. The van der Waals surface area contributed by atoms with E-state index in [1.165, 1.54) is 0 Å². The second-order valence-corrected chi connectivity index (χ2v) is 3.68. The van der Waals surface area contributed by atoms with Gasteiger partial charge in [-0.25, -0.2) is 0 Å². The smallest absolute Gasteiger partial charge is 0.270 e. The van der Waals surface area contributed by atoms with Crippen LogP contribution in [-0.4, -0.2) is 17.3 Å². The first-order chi connectivity index (χ1) is 9.28. The molecule has 0 aliphatic heterocycles. The van der Waals surface area contributed by atoms with Crippen molar-refractivity contribution in [1.82, 2.24) is 0 Å². The van der Waals surface area contributed by atoms with Crippen molar-refractivity contribution in [3.8, 4) is 11.5 Å². The number of hydrogen-bond acceptors (Lipinski definition) is 4. The molecule has 0 aromatic heterocycles. The average Bonchev–Trinajstić information content (AvgIpc) is 2.40. The van der Waals surface area contributed by atoms with Crippen molar-refractivity contribution in [2.24, 2.45) is 5.16 Å². The van der Waals surface area contributed by atoms with E-state index in [1.807, 2.05) is 30.3 Å². The number of para-hydroxylation sites is 1. The molecule has 96 valence electrons. The van der Waals surface area contributed by atoms with Gasteiger partial charge in [-0.15, -0.1) is 0 Å². The highest BCUT2D eigenvalue weighted by Gasteiger charge is 2.01. The Hall–Kier alpha value is -2.82. The number of carbonyl (C=O) groups excluding carboxylic acids is 1. The summed E-state index contributed by atoms with van der Waals surface area (Å²) in [5.74, 6) is 0.798. The zero-order valence-corrected chi connectivity index (χ0v) is 9.98. The molecule has 5 nitrogen and oxygen atoms in total. The molecular weight excluding hydrogens is 244 g/mol. The molecule has 0 fully saturated rings. The first kappa shape index (κ1) is 12.6. The van der Waals surface area contributed by atoms with Crippen LogP contribution in [-0.2, 0) is 4.79 Å². The Bertz CT molecular complexity index is 582. The van der Waals surface area contributed by atoms with E-state index < -0.39 is 5.91 Å². The summed E-state index contributed by atoms with van der Waals surface area (Å²) in [5.41, 5.74) is 0.554. The summed E-state index contributed by atoms with van der Waals surface area (Å²) < 4.78 is 5.63. The van der Waals surface area contributed by atoms with E-state index in [4.69, 9.17) is 9.94 Å². The molecule has 0 saturated heterocycles. The third-order valence-corrected chi connectivity index (χ3v) is 2.26. The van der Waals surface area contributed by atoms with E-state index in [-0.39, 0.29) is 0 Å². The SMILES string of the molecule is O=C(/C=N/O)Nc1cccc(Oc2ccccc2)c1. The predicted molar refractivity (Wildman–Crippen MR) is 71.9 cm³/mol. The first-order valence-corrected chi connectivity index (χ1v) is 5.59. The van der Waals surface area contributed by atoms with Gasteiger partial charge in [0.15, 0.2) is 0 Å². The molecule has 2 N–H and O–H groups in total. The van der Waals surface area contributed by atoms with Gasteiger partial charge in [0.2, 0.25) is 0 Å². The van der Waals surface area contributed by atoms with E-state index >= 15 is 0 Å². The topological polar surface area (TPSA) is 70.9 Å². The minimum Gasteiger partial charge on any atom is -0.457 e. The zero-order valence-electron chi connectivity index (χ0n) is 9.98. The van der Waals surface area contributed by atoms with E-state index in [2.05, 4.69) is 10.5 Å². The van der Waals surface area contributed by atoms with Gasteiger partial charge < -0.3 is 15.3 Å². The molecule has 0 spiro atoms. The fourth-order valence-electron chi connectivity index (χ4n) is 1.49. The molecule has 2 aromatic carbocycles. The summed E-state index contributed by atoms with van der Waals surface area (Å²) in [4.78, 5) is 11.2. The molecule has 1 amide bonds. The Balaban J connectivity index is 2.09. The minimum atomic E-state index is -0.514. The zero-order chi connectivity index (χ0) is 13.5. The van der Waals surface area contributed by atoms with Crippen LogP contribution >= 0.6 is 0 Å². The van der Waals surface area contributed by atoms with Crippen LogP contribution in [0.25, 0.3) is 0 Å². The number of carbonyl (C=O) groups is 1. The van der Waals surface area contributed by atoms with Gasteiger partial charge in [0.1, 0.15) is 17.7 Å². The van der Waals surface area contributed by atoms with Crippen molar-refractivity contribution in [3.63, 3.8) is 0 Å². The molecule has 0 unspecified atom stereocenters. The maximum atomic E-state index is 11.2. The number of nitrogens with zero attached hydrogens (tertiary/aromatic N) is 1. The van der Waals surface area contributed by atoms with Crippen LogP contribution in [0.5, 0.6) is 11.5 Å². The van der Waals surface area contributed by atoms with Crippen LogP contribution in [0.1, 0.15) is 0 Å². The minimum absolute atomic E-state index is 0.514. The van der Waals surface area contributed by atoms with Crippen LogP contribution in [0, 0.1) is 0 Å². The Labute approximate surface area is 110 Å². The van der Waals surface area contributed by atoms with Crippen LogP contribution in [0.3, 0.4) is 0 Å². The number of hydrogen-bond donors (Lipinski definition) is 2. The van der Waals surface area contributed by atoms with E-state index in [0.717, 1.165) is 6.21 Å². The van der Waals surface area contributed by atoms with E-state index in [9.17, 15) is 4.79 Å². The van der Waals surface area contributed by atoms with Crippen molar-refractivity contribution < 1.29 is 14.7 Å². The molecule has 0 heterocycles. The highest BCUT2D eigenvalue weighted by atomic mass is 16.5. The van der Waals surface area contributed by atoms with Crippen LogP contribution in [0.2, 0.25) is 0 Å². The summed E-state index contributed by atoms with van der Waals surface area (Å²) >= 11 is 0. The van der Waals surface area contributed by atoms with Gasteiger partial charge in [-0.1, -0.05) is 29.4 Å². The predicted octanol–water partition coefficient (Wildman–Crippen LogP) is 2.88. The quantitative estimate of drug-likeness (QED) is 0.502. The second-order valence-electron chi connectivity index (χ2n) is 3.68. The van der Waals surface area contributed by atoms with Crippen LogP contribution in [0.15, 0.2) is 59.8 Å². The molecule has 5 heteroatoms. The Morgan fingerprint density at radius 1 is 1.11 bits per heavy atom. The molecule has 0 aliphatic rings. The maximum Gasteiger partial charge on any atom is 0.270 e. The summed E-state index contributed by atoms with van der Waals surface area (Å²) in [6.45, 7) is 0. The standard InChI is InChI=1S/C14H12N2O3/c17-14(10-15-18)16-11-5-4-8-13(9-11)19-12-6-2-1-3-7-12/h1-10,18H,(H,16,17)/b15-10+. The van der Waals surface area contributed by atoms with Crippen molar-refractivity contribution >= 4 is 17.8 Å². The second kappa shape index (κ2) is 6.20. The Kier molecular flexibility index (Phi) is 4.12. The summed E-state index contributed by atoms with van der Waals surface area (Å²) in [7, 11) is 0. The van der Waals surface area contributed by atoms with Crippen molar-refractivity contribution in [3.05, 3.63) is 54.6 Å². The van der Waals surface area contributed by atoms with Gasteiger partial charge in [0.25, 0.3) is 5.91 Å². The molecule has 2 aromatic rings. The number of oxime groups is 1. The fraction of sp³-hybridized carbons (Fsp3) is 0. The van der Waals surface area contributed by atoms with Gasteiger partial charge in [-0.05, 0) is 24.3 Å². The normalized spacial score (nSPS) is 10.3. The van der Waals surface area contributed by atoms with E-state index in [1.54, 1.807) is 24.3 Å². The van der Waals surface area contributed by atoms with Crippen molar-refractivity contribution in [1.29, 1.82) is 0 Å². The Morgan fingerprint density at radius 2 is 1.84 bits per heavy atom. The lowest BCUT2D eigenvalue weighted by atomic mass is 10.3. The van der Waals surface area contributed by atoms with Crippen LogP contribution in [0.4, 0.5) is 5.69 Å². The van der Waals surface area contributed by atoms with Crippen LogP contribution < -0.4 is 10.1 Å². The number of benzene rings is 2. The molecule has 0 bridgehead atoms. The van der Waals surface area contributed by atoms with Gasteiger partial charge >= 0.3 is 0 Å². The first-order valence-electron chi connectivity index (χ1n) is 5.59. The summed E-state index contributed by atoms with van der Waals surface area (Å²) in [6.07, 6.45) is 0.782. The van der Waals surface area contributed by atoms with Gasteiger partial charge in [-0.2, -0.15) is 0 Å². The Morgan fingerprint density at radius 3 is 2.58 bits per heavy atom. The fourth-order valence-corrected chi connectivity index (χ4v) is 1.49. The van der Waals surface area contributed by atoms with Crippen molar-refractivity contribution in [2.75, 3.05) is 5.32 Å². The number of nitrogens with one attached hydrogen (secondary N) is 1. The van der Waals surface area contributed by atoms with E-state index in [0.29, 0.717) is 17.2 Å². The summed E-state index contributed by atoms with van der Waals surface area (Å²) in [5, 5.41) is 13.4. The monoisotopic (exact) mass is 256 g/mol. The lowest BCUT2D eigenvalue weighted by Crippen LogP contribution is -2.12. The molecule has 19 heavy (non-hydrogen) atoms. The number of ether oxygens (including phenoxy) is 1. The third kappa shape index (κ3) is 3.85. The molecule has 0 atom stereocenters. The number of rotatable bonds is 4. The third-order valence-electron chi connectivity index (χ3n) is 2.26. The van der Waals surface area contributed by atoms with Gasteiger partial charge in [0, 0.05) is 11.8 Å². The molecule has 0 aliphatic carbocycles. The molecule has 0 saturated carbocycles. The van der Waals surface area contributed by atoms with Crippen molar-refractivity contribution in [2.45, 2.75) is 0 Å². The largest absolute Gasteiger partial charge is 0.457 e. The highest BCUT2D eigenvalue weighted by molar-refractivity contribution is 6.31. The highest BCUT2D eigenvalue weighted by Crippen LogP contribution is 2.23. The molecule has 2 rings (SSSR count).